The third kappa shape index (κ3) is 4.31. The molecule has 2 aromatic rings. The Hall–Kier alpha value is -2.88. The number of carbonyl (C=O) groups is 2. The summed E-state index contributed by atoms with van der Waals surface area (Å²) in [5, 5.41) is 12.0. The van der Waals surface area contributed by atoms with E-state index in [0.29, 0.717) is 11.3 Å². The van der Waals surface area contributed by atoms with Crippen LogP contribution in [0.15, 0.2) is 54.6 Å². The van der Waals surface area contributed by atoms with E-state index in [9.17, 15) is 14.7 Å². The molecule has 2 aromatic carbocycles. The van der Waals surface area contributed by atoms with Crippen LogP contribution >= 0.6 is 0 Å². The van der Waals surface area contributed by atoms with Gasteiger partial charge in [0.05, 0.1) is 0 Å². The van der Waals surface area contributed by atoms with Gasteiger partial charge in [0, 0.05) is 18.2 Å². The Bertz CT molecular complexity index is 705. The smallest absolute Gasteiger partial charge is 0.221 e. The van der Waals surface area contributed by atoms with Gasteiger partial charge in [0.25, 0.3) is 0 Å². The lowest BCUT2D eigenvalue weighted by molar-refractivity contribution is -0.114. The van der Waals surface area contributed by atoms with Gasteiger partial charge < -0.3 is 10.4 Å². The summed E-state index contributed by atoms with van der Waals surface area (Å²) in [4.78, 5) is 23.1. The molecule has 0 unspecified atom stereocenters. The number of hydrogen-bond acceptors (Lipinski definition) is 3. The Labute approximate surface area is 122 Å². The minimum absolute atomic E-state index is 0.150. The highest BCUT2D eigenvalue weighted by Crippen LogP contribution is 2.14. The molecule has 0 atom stereocenters. The molecule has 0 spiro atoms. The highest BCUT2D eigenvalue weighted by molar-refractivity contribution is 6.07. The lowest BCUT2D eigenvalue weighted by atomic mass is 10.1. The summed E-state index contributed by atoms with van der Waals surface area (Å²) in [7, 11) is 0. The standard InChI is InChI=1S/C17H15NO3/c1-12(19)18-15-6-3-5-14(11-15)17(21)9-8-13-4-2-7-16(20)10-13/h2-11,20H,1H3,(H,18,19)/b9-8+. The fourth-order valence-electron chi connectivity index (χ4n) is 1.85. The summed E-state index contributed by atoms with van der Waals surface area (Å²) in [5.41, 5.74) is 1.80. The lowest BCUT2D eigenvalue weighted by Gasteiger charge is -2.03. The van der Waals surface area contributed by atoms with Crippen molar-refractivity contribution in [3.05, 3.63) is 65.7 Å². The van der Waals surface area contributed by atoms with Crippen LogP contribution in [0.5, 0.6) is 5.75 Å². The van der Waals surface area contributed by atoms with E-state index in [0.717, 1.165) is 5.56 Å². The molecule has 0 saturated carbocycles. The van der Waals surface area contributed by atoms with E-state index in [2.05, 4.69) is 5.32 Å². The van der Waals surface area contributed by atoms with Crippen molar-refractivity contribution in [2.75, 3.05) is 5.32 Å². The van der Waals surface area contributed by atoms with Gasteiger partial charge in [0.1, 0.15) is 5.75 Å². The van der Waals surface area contributed by atoms with Crippen molar-refractivity contribution in [3.63, 3.8) is 0 Å². The van der Waals surface area contributed by atoms with Gasteiger partial charge in [-0.2, -0.15) is 0 Å². The summed E-state index contributed by atoms with van der Waals surface area (Å²) in [6.45, 7) is 1.41. The monoisotopic (exact) mass is 281 g/mol. The predicted octanol–water partition coefficient (Wildman–Crippen LogP) is 3.25. The molecule has 0 fully saturated rings. The molecule has 1 amide bonds. The van der Waals surface area contributed by atoms with Gasteiger partial charge >= 0.3 is 0 Å². The molecule has 4 heteroatoms. The van der Waals surface area contributed by atoms with Crippen molar-refractivity contribution >= 4 is 23.5 Å². The van der Waals surface area contributed by atoms with Gasteiger partial charge in [0.2, 0.25) is 5.91 Å². The Morgan fingerprint density at radius 2 is 1.86 bits per heavy atom. The minimum Gasteiger partial charge on any atom is -0.508 e. The maximum absolute atomic E-state index is 12.1. The van der Waals surface area contributed by atoms with Crippen molar-refractivity contribution in [2.24, 2.45) is 0 Å². The number of carbonyl (C=O) groups excluding carboxylic acids is 2. The molecular formula is C17H15NO3. The zero-order valence-electron chi connectivity index (χ0n) is 11.5. The number of hydrogen-bond donors (Lipinski definition) is 2. The first-order valence-corrected chi connectivity index (χ1v) is 6.44. The van der Waals surface area contributed by atoms with Crippen molar-refractivity contribution in [1.29, 1.82) is 0 Å². The number of ketones is 1. The molecule has 2 rings (SSSR count). The Morgan fingerprint density at radius 3 is 2.57 bits per heavy atom. The van der Waals surface area contributed by atoms with Crippen LogP contribution in [0.2, 0.25) is 0 Å². The van der Waals surface area contributed by atoms with Gasteiger partial charge in [0.15, 0.2) is 5.78 Å². The van der Waals surface area contributed by atoms with Crippen LogP contribution in [-0.2, 0) is 4.79 Å². The number of rotatable bonds is 4. The molecule has 4 nitrogen and oxygen atoms in total. The first-order chi connectivity index (χ1) is 10.0. The van der Waals surface area contributed by atoms with Crippen LogP contribution in [0, 0.1) is 0 Å². The van der Waals surface area contributed by atoms with E-state index >= 15 is 0 Å². The number of phenolic OH excluding ortho intramolecular Hbond substituents is 1. The number of phenols is 1. The maximum Gasteiger partial charge on any atom is 0.221 e. The van der Waals surface area contributed by atoms with Crippen LogP contribution in [0.3, 0.4) is 0 Å². The fourth-order valence-corrected chi connectivity index (χ4v) is 1.85. The summed E-state index contributed by atoms with van der Waals surface area (Å²) < 4.78 is 0. The number of benzene rings is 2. The van der Waals surface area contributed by atoms with Gasteiger partial charge in [-0.3, -0.25) is 9.59 Å². The number of allylic oxidation sites excluding steroid dienone is 1. The Morgan fingerprint density at radius 1 is 1.10 bits per heavy atom. The zero-order valence-corrected chi connectivity index (χ0v) is 11.5. The van der Waals surface area contributed by atoms with E-state index in [1.54, 1.807) is 54.6 Å². The topological polar surface area (TPSA) is 66.4 Å². The second-order valence-electron chi connectivity index (χ2n) is 4.55. The Kier molecular flexibility index (Phi) is 4.51. The van der Waals surface area contributed by atoms with E-state index in [-0.39, 0.29) is 17.4 Å². The average Bonchev–Trinajstić information content (AvgIpc) is 2.44. The summed E-state index contributed by atoms with van der Waals surface area (Å²) >= 11 is 0. The van der Waals surface area contributed by atoms with Gasteiger partial charge in [-0.05, 0) is 35.9 Å². The maximum atomic E-state index is 12.1. The quantitative estimate of drug-likeness (QED) is 0.668. The highest BCUT2D eigenvalue weighted by atomic mass is 16.3. The molecule has 0 aliphatic rings. The summed E-state index contributed by atoms with van der Waals surface area (Å²) in [5.74, 6) is -0.210. The van der Waals surface area contributed by atoms with Gasteiger partial charge in [-0.15, -0.1) is 0 Å². The molecule has 106 valence electrons. The van der Waals surface area contributed by atoms with Crippen LogP contribution < -0.4 is 5.32 Å². The molecule has 0 aliphatic heterocycles. The van der Waals surface area contributed by atoms with Crippen LogP contribution in [-0.4, -0.2) is 16.8 Å². The minimum atomic E-state index is -0.185. The molecule has 0 bridgehead atoms. The molecule has 2 N–H and O–H groups in total. The fraction of sp³-hybridized carbons (Fsp3) is 0.0588. The zero-order chi connectivity index (χ0) is 15.2. The third-order valence-electron chi connectivity index (χ3n) is 2.76. The molecule has 0 heterocycles. The van der Waals surface area contributed by atoms with E-state index in [1.807, 2.05) is 0 Å². The predicted molar refractivity (Wildman–Crippen MR) is 82.2 cm³/mol. The molecule has 21 heavy (non-hydrogen) atoms. The third-order valence-corrected chi connectivity index (χ3v) is 2.76. The number of aromatic hydroxyl groups is 1. The normalized spacial score (nSPS) is 10.5. The van der Waals surface area contributed by atoms with Crippen LogP contribution in [0.4, 0.5) is 5.69 Å². The largest absolute Gasteiger partial charge is 0.508 e. The number of amides is 1. The highest BCUT2D eigenvalue weighted by Gasteiger charge is 2.03. The molecule has 0 saturated heterocycles. The average molecular weight is 281 g/mol. The van der Waals surface area contributed by atoms with Gasteiger partial charge in [-0.1, -0.05) is 30.3 Å². The van der Waals surface area contributed by atoms with E-state index in [1.165, 1.54) is 13.0 Å². The molecular weight excluding hydrogens is 266 g/mol. The second-order valence-corrected chi connectivity index (χ2v) is 4.55. The van der Waals surface area contributed by atoms with E-state index in [4.69, 9.17) is 0 Å². The van der Waals surface area contributed by atoms with E-state index < -0.39 is 0 Å². The number of nitrogens with one attached hydrogen (secondary N) is 1. The molecule has 0 aromatic heterocycles. The first-order valence-electron chi connectivity index (χ1n) is 6.44. The van der Waals surface area contributed by atoms with Crippen LogP contribution in [0.1, 0.15) is 22.8 Å². The van der Waals surface area contributed by atoms with Crippen molar-refractivity contribution < 1.29 is 14.7 Å². The molecule has 0 radical (unpaired) electrons. The number of anilines is 1. The lowest BCUT2D eigenvalue weighted by Crippen LogP contribution is -2.06. The van der Waals surface area contributed by atoms with Crippen molar-refractivity contribution in [3.8, 4) is 5.75 Å². The second kappa shape index (κ2) is 6.52. The van der Waals surface area contributed by atoms with Crippen LogP contribution in [0.25, 0.3) is 6.08 Å². The molecule has 0 aliphatic carbocycles. The summed E-state index contributed by atoms with van der Waals surface area (Å²) in [6.07, 6.45) is 3.06. The van der Waals surface area contributed by atoms with Crippen molar-refractivity contribution in [2.45, 2.75) is 6.92 Å². The Balaban J connectivity index is 2.15. The summed E-state index contributed by atoms with van der Waals surface area (Å²) in [6, 6.07) is 13.4. The van der Waals surface area contributed by atoms with Gasteiger partial charge in [-0.25, -0.2) is 0 Å². The van der Waals surface area contributed by atoms with Crippen molar-refractivity contribution in [1.82, 2.24) is 0 Å². The SMILES string of the molecule is CC(=O)Nc1cccc(C(=O)/C=C/c2cccc(O)c2)c1. The first kappa shape index (κ1) is 14.5.